The van der Waals surface area contributed by atoms with Crippen molar-refractivity contribution in [3.63, 3.8) is 0 Å². The lowest BCUT2D eigenvalue weighted by Gasteiger charge is -2.33. The van der Waals surface area contributed by atoms with E-state index in [2.05, 4.69) is 0 Å². The summed E-state index contributed by atoms with van der Waals surface area (Å²) in [7, 11) is 0. The SMILES string of the molecule is O=C(O)C1CN(C(=O)C2CC2c2c(F)cccc2F)Cc2ccccc21. The van der Waals surface area contributed by atoms with Crippen LogP contribution in [0.4, 0.5) is 8.78 Å². The number of carboxylic acids is 1. The Balaban J connectivity index is 1.56. The lowest BCUT2D eigenvalue weighted by atomic mass is 9.89. The zero-order valence-corrected chi connectivity index (χ0v) is 13.9. The topological polar surface area (TPSA) is 57.6 Å². The molecule has 2 aromatic carbocycles. The lowest BCUT2D eigenvalue weighted by molar-refractivity contribution is -0.141. The minimum Gasteiger partial charge on any atom is -0.481 e. The van der Waals surface area contributed by atoms with E-state index in [4.69, 9.17) is 0 Å². The van der Waals surface area contributed by atoms with Crippen LogP contribution in [0.3, 0.4) is 0 Å². The predicted molar refractivity (Wildman–Crippen MR) is 89.4 cm³/mol. The Hall–Kier alpha value is -2.76. The fourth-order valence-corrected chi connectivity index (χ4v) is 3.87. The van der Waals surface area contributed by atoms with Gasteiger partial charge in [0.05, 0.1) is 5.92 Å². The van der Waals surface area contributed by atoms with Crippen LogP contribution in [0.2, 0.25) is 0 Å². The molecule has 1 fully saturated rings. The summed E-state index contributed by atoms with van der Waals surface area (Å²) in [6.45, 7) is 0.399. The maximum absolute atomic E-state index is 13.9. The van der Waals surface area contributed by atoms with Gasteiger partial charge in [0.25, 0.3) is 0 Å². The molecule has 0 saturated heterocycles. The Kier molecular flexibility index (Phi) is 3.98. The van der Waals surface area contributed by atoms with E-state index >= 15 is 0 Å². The quantitative estimate of drug-likeness (QED) is 0.917. The number of carbonyl (C=O) groups excluding carboxylic acids is 1. The summed E-state index contributed by atoms with van der Waals surface area (Å²) in [5.74, 6) is -4.27. The van der Waals surface area contributed by atoms with E-state index in [9.17, 15) is 23.5 Å². The molecule has 4 rings (SSSR count). The number of hydrogen-bond acceptors (Lipinski definition) is 2. The molecule has 0 bridgehead atoms. The summed E-state index contributed by atoms with van der Waals surface area (Å²) in [5, 5.41) is 9.50. The number of carbonyl (C=O) groups is 2. The van der Waals surface area contributed by atoms with Gasteiger partial charge in [-0.1, -0.05) is 30.3 Å². The minimum atomic E-state index is -0.984. The highest BCUT2D eigenvalue weighted by atomic mass is 19.1. The summed E-state index contributed by atoms with van der Waals surface area (Å²) in [5.41, 5.74) is 1.48. The molecule has 1 heterocycles. The van der Waals surface area contributed by atoms with Gasteiger partial charge >= 0.3 is 5.97 Å². The summed E-state index contributed by atoms with van der Waals surface area (Å²) in [6.07, 6.45) is 0.382. The standard InChI is InChI=1S/C20H17F2NO3/c21-16-6-3-7-17(22)18(16)13-8-14(13)19(24)23-9-11-4-1-2-5-12(11)15(10-23)20(25)26/h1-7,13-15H,8-10H2,(H,25,26). The third kappa shape index (κ3) is 2.75. The van der Waals surface area contributed by atoms with Crippen molar-refractivity contribution in [3.05, 3.63) is 70.8 Å². The Labute approximate surface area is 149 Å². The molecular formula is C20H17F2NO3. The number of fused-ring (bicyclic) bond motifs is 1. The number of nitrogens with zero attached hydrogens (tertiary/aromatic N) is 1. The van der Waals surface area contributed by atoms with Gasteiger partial charge in [0.1, 0.15) is 11.6 Å². The molecule has 4 nitrogen and oxygen atoms in total. The second-order valence-corrected chi connectivity index (χ2v) is 6.89. The first-order chi connectivity index (χ1) is 12.5. The van der Waals surface area contributed by atoms with Crippen molar-refractivity contribution in [1.82, 2.24) is 4.90 Å². The van der Waals surface area contributed by atoms with Crippen molar-refractivity contribution in [1.29, 1.82) is 0 Å². The van der Waals surface area contributed by atoms with Crippen molar-refractivity contribution < 1.29 is 23.5 Å². The van der Waals surface area contributed by atoms with E-state index in [1.165, 1.54) is 23.1 Å². The molecule has 134 valence electrons. The first-order valence-corrected chi connectivity index (χ1v) is 8.50. The van der Waals surface area contributed by atoms with Crippen LogP contribution >= 0.6 is 0 Å². The van der Waals surface area contributed by atoms with Crippen molar-refractivity contribution in [2.45, 2.75) is 24.8 Å². The van der Waals surface area contributed by atoms with Gasteiger partial charge in [0.15, 0.2) is 0 Å². The zero-order chi connectivity index (χ0) is 18.4. The first-order valence-electron chi connectivity index (χ1n) is 8.50. The maximum Gasteiger partial charge on any atom is 0.312 e. The molecule has 0 aromatic heterocycles. The van der Waals surface area contributed by atoms with Crippen molar-refractivity contribution >= 4 is 11.9 Å². The minimum absolute atomic E-state index is 0.0435. The highest BCUT2D eigenvalue weighted by Gasteiger charge is 2.49. The van der Waals surface area contributed by atoms with Gasteiger partial charge in [-0.15, -0.1) is 0 Å². The lowest BCUT2D eigenvalue weighted by Crippen LogP contribution is -2.41. The van der Waals surface area contributed by atoms with E-state index in [0.29, 0.717) is 13.0 Å². The van der Waals surface area contributed by atoms with Crippen LogP contribution < -0.4 is 0 Å². The Morgan fingerprint density at radius 1 is 1.04 bits per heavy atom. The molecule has 2 aromatic rings. The number of halogens is 2. The summed E-state index contributed by atoms with van der Waals surface area (Å²) in [6, 6.07) is 10.8. The van der Waals surface area contributed by atoms with Crippen LogP contribution in [0.25, 0.3) is 0 Å². The van der Waals surface area contributed by atoms with Gasteiger partial charge in [0.2, 0.25) is 5.91 Å². The summed E-state index contributed by atoms with van der Waals surface area (Å²) >= 11 is 0. The molecule has 1 aliphatic heterocycles. The zero-order valence-electron chi connectivity index (χ0n) is 13.9. The maximum atomic E-state index is 13.9. The molecule has 3 atom stereocenters. The smallest absolute Gasteiger partial charge is 0.312 e. The summed E-state index contributed by atoms with van der Waals surface area (Å²) in [4.78, 5) is 25.9. The molecule has 0 spiro atoms. The van der Waals surface area contributed by atoms with Crippen LogP contribution in [0, 0.1) is 17.6 Å². The Morgan fingerprint density at radius 2 is 1.73 bits per heavy atom. The van der Waals surface area contributed by atoms with E-state index < -0.39 is 35.4 Å². The molecule has 1 saturated carbocycles. The monoisotopic (exact) mass is 357 g/mol. The highest BCUT2D eigenvalue weighted by molar-refractivity contribution is 5.85. The van der Waals surface area contributed by atoms with Crippen LogP contribution in [0.5, 0.6) is 0 Å². The fraction of sp³-hybridized carbons (Fsp3) is 0.300. The molecule has 3 unspecified atom stereocenters. The number of rotatable bonds is 3. The van der Waals surface area contributed by atoms with Crippen LogP contribution in [-0.4, -0.2) is 28.4 Å². The fourth-order valence-electron chi connectivity index (χ4n) is 3.87. The number of hydrogen-bond donors (Lipinski definition) is 1. The third-order valence-corrected chi connectivity index (χ3v) is 5.28. The van der Waals surface area contributed by atoms with E-state index in [1.54, 1.807) is 18.2 Å². The molecule has 1 N–H and O–H groups in total. The average Bonchev–Trinajstić information content (AvgIpc) is 3.40. The van der Waals surface area contributed by atoms with E-state index in [1.807, 2.05) is 6.07 Å². The third-order valence-electron chi connectivity index (χ3n) is 5.28. The number of carboxylic acid groups (broad SMARTS) is 1. The summed E-state index contributed by atoms with van der Waals surface area (Å²) < 4.78 is 27.9. The molecule has 1 amide bonds. The Morgan fingerprint density at radius 3 is 2.42 bits per heavy atom. The molecule has 0 radical (unpaired) electrons. The second-order valence-electron chi connectivity index (χ2n) is 6.89. The first kappa shape index (κ1) is 16.7. The Bertz CT molecular complexity index is 878. The number of aliphatic carboxylic acids is 1. The second kappa shape index (κ2) is 6.20. The van der Waals surface area contributed by atoms with Gasteiger partial charge in [-0.3, -0.25) is 9.59 Å². The van der Waals surface area contributed by atoms with Crippen molar-refractivity contribution in [2.75, 3.05) is 6.54 Å². The predicted octanol–water partition coefficient (Wildman–Crippen LogP) is 3.28. The molecule has 2 aliphatic rings. The van der Waals surface area contributed by atoms with E-state index in [-0.39, 0.29) is 18.0 Å². The van der Waals surface area contributed by atoms with Crippen molar-refractivity contribution in [3.8, 4) is 0 Å². The average molecular weight is 357 g/mol. The van der Waals surface area contributed by atoms with Gasteiger partial charge in [-0.05, 0) is 29.7 Å². The molecule has 1 aliphatic carbocycles. The van der Waals surface area contributed by atoms with E-state index in [0.717, 1.165) is 11.1 Å². The molecular weight excluding hydrogens is 340 g/mol. The molecule has 26 heavy (non-hydrogen) atoms. The largest absolute Gasteiger partial charge is 0.481 e. The van der Waals surface area contributed by atoms with Crippen molar-refractivity contribution in [2.24, 2.45) is 5.92 Å². The van der Waals surface area contributed by atoms with Gasteiger partial charge in [0, 0.05) is 30.5 Å². The molecule has 6 heteroatoms. The number of benzene rings is 2. The van der Waals surface area contributed by atoms with Gasteiger partial charge in [-0.2, -0.15) is 0 Å². The number of amides is 1. The van der Waals surface area contributed by atoms with Gasteiger partial charge < -0.3 is 10.0 Å². The van der Waals surface area contributed by atoms with Crippen LogP contribution in [0.1, 0.15) is 34.9 Å². The highest BCUT2D eigenvalue weighted by Crippen LogP contribution is 2.50. The van der Waals surface area contributed by atoms with Gasteiger partial charge in [-0.25, -0.2) is 8.78 Å². The van der Waals surface area contributed by atoms with Crippen LogP contribution in [0.15, 0.2) is 42.5 Å². The van der Waals surface area contributed by atoms with Crippen LogP contribution in [-0.2, 0) is 16.1 Å². The normalized spacial score (nSPS) is 24.1.